The van der Waals surface area contributed by atoms with Crippen LogP contribution in [0.4, 0.5) is 10.6 Å². The SMILES string of the molecule is CN1C(=O)[C@@H](NC(=O)OC(C)(C)C)COc2ccc[n+]([O-])c21. The first-order valence-corrected chi connectivity index (χ1v) is 6.81. The molecule has 8 nitrogen and oxygen atoms in total. The molecule has 0 saturated heterocycles. The average Bonchev–Trinajstić information content (AvgIpc) is 2.50. The van der Waals surface area contributed by atoms with Crippen LogP contribution in [0.1, 0.15) is 20.8 Å². The van der Waals surface area contributed by atoms with Gasteiger partial charge in [0.05, 0.1) is 13.2 Å². The number of hydrogen-bond acceptors (Lipinski definition) is 5. The number of nitrogens with zero attached hydrogens (tertiary/aromatic N) is 2. The van der Waals surface area contributed by atoms with Crippen LogP contribution in [0.25, 0.3) is 0 Å². The van der Waals surface area contributed by atoms with Crippen LogP contribution >= 0.6 is 0 Å². The van der Waals surface area contributed by atoms with E-state index in [1.54, 1.807) is 26.8 Å². The van der Waals surface area contributed by atoms with Gasteiger partial charge in [0.15, 0.2) is 6.04 Å². The first-order valence-electron chi connectivity index (χ1n) is 6.81. The van der Waals surface area contributed by atoms with Crippen LogP contribution in [-0.2, 0) is 9.53 Å². The number of amides is 2. The van der Waals surface area contributed by atoms with Gasteiger partial charge < -0.3 is 20.0 Å². The van der Waals surface area contributed by atoms with Crippen molar-refractivity contribution in [2.75, 3.05) is 18.6 Å². The van der Waals surface area contributed by atoms with Crippen LogP contribution in [0.5, 0.6) is 5.75 Å². The van der Waals surface area contributed by atoms with Gasteiger partial charge in [0.1, 0.15) is 12.2 Å². The van der Waals surface area contributed by atoms with Crippen LogP contribution in [0, 0.1) is 5.21 Å². The second kappa shape index (κ2) is 5.70. The zero-order valence-corrected chi connectivity index (χ0v) is 13.0. The maximum absolute atomic E-state index is 12.4. The van der Waals surface area contributed by atoms with Crippen LogP contribution in [0.3, 0.4) is 0 Å². The van der Waals surface area contributed by atoms with Crippen LogP contribution in [-0.4, -0.2) is 37.3 Å². The number of rotatable bonds is 1. The van der Waals surface area contributed by atoms with Crippen molar-refractivity contribution in [2.45, 2.75) is 32.4 Å². The third kappa shape index (κ3) is 3.38. The molecule has 1 N–H and O–H groups in total. The highest BCUT2D eigenvalue weighted by Gasteiger charge is 2.38. The molecule has 0 aromatic carbocycles. The summed E-state index contributed by atoms with van der Waals surface area (Å²) in [5.41, 5.74) is -0.675. The van der Waals surface area contributed by atoms with E-state index in [1.807, 2.05) is 0 Å². The number of hydrogen-bond donors (Lipinski definition) is 1. The minimum absolute atomic E-state index is 0.0839. The highest BCUT2D eigenvalue weighted by Crippen LogP contribution is 2.26. The van der Waals surface area contributed by atoms with Gasteiger partial charge in [-0.25, -0.2) is 14.3 Å². The Hall–Kier alpha value is -2.51. The molecule has 1 aromatic heterocycles. The standard InChI is InChI=1S/C14H19N3O5/c1-14(2,3)22-13(19)15-9-8-21-10-6-5-7-17(20)11(10)16(4)12(9)18/h5-7,9H,8H2,1-4H3,(H,15,19)/t9-/m0/s1. The Bertz CT molecular complexity index is 597. The van der Waals surface area contributed by atoms with Crippen molar-refractivity contribution >= 4 is 17.8 Å². The minimum atomic E-state index is -0.938. The zero-order chi connectivity index (χ0) is 16.5. The molecule has 1 atom stereocenters. The number of ether oxygens (including phenoxy) is 2. The Morgan fingerprint density at radius 2 is 2.23 bits per heavy atom. The van der Waals surface area contributed by atoms with E-state index in [9.17, 15) is 14.8 Å². The fourth-order valence-electron chi connectivity index (χ4n) is 2.02. The number of carbonyl (C=O) groups is 2. The van der Waals surface area contributed by atoms with Crippen LogP contribution in [0.15, 0.2) is 18.3 Å². The molecule has 1 aromatic rings. The molecule has 0 fully saturated rings. The number of carbonyl (C=O) groups excluding carboxylic acids is 2. The number of anilines is 1. The molecular formula is C14H19N3O5. The molecule has 0 saturated carbocycles. The van der Waals surface area contributed by atoms with Crippen molar-refractivity contribution in [1.29, 1.82) is 0 Å². The lowest BCUT2D eigenvalue weighted by molar-refractivity contribution is -0.591. The van der Waals surface area contributed by atoms with Crippen molar-refractivity contribution in [2.24, 2.45) is 0 Å². The van der Waals surface area contributed by atoms with Crippen molar-refractivity contribution in [3.8, 4) is 5.75 Å². The molecule has 22 heavy (non-hydrogen) atoms. The number of fused-ring (bicyclic) bond motifs is 1. The van der Waals surface area contributed by atoms with E-state index in [4.69, 9.17) is 9.47 Å². The summed E-state index contributed by atoms with van der Waals surface area (Å²) in [7, 11) is 1.45. The predicted octanol–water partition coefficient (Wildman–Crippen LogP) is 0.568. The van der Waals surface area contributed by atoms with Crippen molar-refractivity contribution in [1.82, 2.24) is 5.32 Å². The van der Waals surface area contributed by atoms with Gasteiger partial charge in [0.2, 0.25) is 5.75 Å². The fraction of sp³-hybridized carbons (Fsp3) is 0.500. The predicted molar refractivity (Wildman–Crippen MR) is 77.5 cm³/mol. The van der Waals surface area contributed by atoms with Gasteiger partial charge in [0, 0.05) is 0 Å². The Morgan fingerprint density at radius 1 is 1.55 bits per heavy atom. The summed E-state index contributed by atoms with van der Waals surface area (Å²) in [6.45, 7) is 5.08. The van der Waals surface area contributed by atoms with E-state index in [1.165, 1.54) is 19.3 Å². The van der Waals surface area contributed by atoms with E-state index < -0.39 is 23.6 Å². The first kappa shape index (κ1) is 15.9. The first-order chi connectivity index (χ1) is 10.2. The van der Waals surface area contributed by atoms with E-state index in [0.29, 0.717) is 4.73 Å². The van der Waals surface area contributed by atoms with Gasteiger partial charge in [-0.1, -0.05) is 0 Å². The van der Waals surface area contributed by atoms with E-state index >= 15 is 0 Å². The number of nitrogens with one attached hydrogen (secondary N) is 1. The number of likely N-dealkylation sites (N-methyl/N-ethyl adjacent to an activating group) is 1. The fourth-order valence-corrected chi connectivity index (χ4v) is 2.02. The van der Waals surface area contributed by atoms with E-state index in [0.717, 1.165) is 4.90 Å². The van der Waals surface area contributed by atoms with E-state index in [-0.39, 0.29) is 18.2 Å². The van der Waals surface area contributed by atoms with Gasteiger partial charge in [0.25, 0.3) is 0 Å². The zero-order valence-electron chi connectivity index (χ0n) is 13.0. The van der Waals surface area contributed by atoms with Crippen LogP contribution < -0.4 is 19.7 Å². The van der Waals surface area contributed by atoms with Crippen molar-refractivity contribution in [3.05, 3.63) is 23.5 Å². The summed E-state index contributed by atoms with van der Waals surface area (Å²) in [4.78, 5) is 25.4. The van der Waals surface area contributed by atoms with Crippen LogP contribution in [0.2, 0.25) is 0 Å². The molecule has 0 radical (unpaired) electrons. The van der Waals surface area contributed by atoms with Crippen molar-refractivity contribution < 1.29 is 23.8 Å². The minimum Gasteiger partial charge on any atom is -0.710 e. The summed E-state index contributed by atoms with van der Waals surface area (Å²) in [5, 5.41) is 14.3. The third-order valence-electron chi connectivity index (χ3n) is 2.94. The smallest absolute Gasteiger partial charge is 0.408 e. The monoisotopic (exact) mass is 309 g/mol. The molecule has 2 amide bonds. The molecule has 0 aliphatic carbocycles. The van der Waals surface area contributed by atoms with Gasteiger partial charge in [-0.2, -0.15) is 4.90 Å². The Kier molecular flexibility index (Phi) is 4.11. The largest absolute Gasteiger partial charge is 0.710 e. The summed E-state index contributed by atoms with van der Waals surface area (Å²) < 4.78 is 11.1. The Labute approximate surface area is 128 Å². The summed E-state index contributed by atoms with van der Waals surface area (Å²) in [6.07, 6.45) is 0.553. The maximum Gasteiger partial charge on any atom is 0.408 e. The molecule has 2 heterocycles. The molecule has 0 unspecified atom stereocenters. The van der Waals surface area contributed by atoms with Gasteiger partial charge in [-0.05, 0) is 32.9 Å². The number of pyridine rings is 1. The summed E-state index contributed by atoms with van der Waals surface area (Å²) >= 11 is 0. The molecule has 0 bridgehead atoms. The molecule has 2 rings (SSSR count). The third-order valence-corrected chi connectivity index (χ3v) is 2.94. The molecule has 1 aliphatic rings. The second-order valence-corrected chi connectivity index (χ2v) is 5.93. The lowest BCUT2D eigenvalue weighted by Gasteiger charge is -2.22. The molecular weight excluding hydrogens is 290 g/mol. The number of alkyl carbamates (subject to hydrolysis) is 1. The number of aromatic nitrogens is 1. The molecule has 0 spiro atoms. The highest BCUT2D eigenvalue weighted by atomic mass is 16.6. The Morgan fingerprint density at radius 3 is 2.86 bits per heavy atom. The Balaban J connectivity index is 2.17. The molecule has 120 valence electrons. The quantitative estimate of drug-likeness (QED) is 0.604. The maximum atomic E-state index is 12.4. The average molecular weight is 309 g/mol. The topological polar surface area (TPSA) is 94.8 Å². The van der Waals surface area contributed by atoms with Gasteiger partial charge in [-0.15, -0.1) is 0 Å². The second-order valence-electron chi connectivity index (χ2n) is 5.93. The lowest BCUT2D eigenvalue weighted by Crippen LogP contribution is -2.51. The van der Waals surface area contributed by atoms with Gasteiger partial charge in [-0.3, -0.25) is 0 Å². The summed E-state index contributed by atoms with van der Waals surface area (Å²) in [6, 6.07) is 2.17. The normalized spacial score (nSPS) is 18.1. The molecule has 8 heteroatoms. The van der Waals surface area contributed by atoms with Crippen molar-refractivity contribution in [3.63, 3.8) is 0 Å². The highest BCUT2D eigenvalue weighted by molar-refractivity contribution is 5.98. The van der Waals surface area contributed by atoms with Gasteiger partial charge >= 0.3 is 17.8 Å². The van der Waals surface area contributed by atoms with E-state index in [2.05, 4.69) is 5.32 Å². The molecule has 1 aliphatic heterocycles. The summed E-state index contributed by atoms with van der Waals surface area (Å²) in [5.74, 6) is -0.0942. The lowest BCUT2D eigenvalue weighted by atomic mass is 10.2.